The van der Waals surface area contributed by atoms with Gasteiger partial charge < -0.3 is 4.74 Å². The summed E-state index contributed by atoms with van der Waals surface area (Å²) in [6.45, 7) is 0. The number of carbonyl (C=O) groups is 1. The number of pyridine rings is 1. The molecule has 0 unspecified atom stereocenters. The summed E-state index contributed by atoms with van der Waals surface area (Å²) in [6, 6.07) is 0. The molecule has 1 rings (SSSR count). The minimum absolute atomic E-state index is 0.186. The molecule has 14 heavy (non-hydrogen) atoms. The molecule has 0 spiro atoms. The Bertz CT molecular complexity index is 357. The summed E-state index contributed by atoms with van der Waals surface area (Å²) >= 11 is 1.70. The zero-order chi connectivity index (χ0) is 10.7. The summed E-state index contributed by atoms with van der Waals surface area (Å²) in [4.78, 5) is 14.7. The summed E-state index contributed by atoms with van der Waals surface area (Å²) in [5.41, 5.74) is -0.512. The lowest BCUT2D eigenvalue weighted by molar-refractivity contribution is 0.0588. The van der Waals surface area contributed by atoms with E-state index in [2.05, 4.69) is 9.72 Å². The van der Waals surface area contributed by atoms with Gasteiger partial charge in [-0.1, -0.05) is 0 Å². The third-order valence-electron chi connectivity index (χ3n) is 1.56. The van der Waals surface area contributed by atoms with Crippen molar-refractivity contribution in [3.05, 3.63) is 27.1 Å². The number of halogens is 3. The van der Waals surface area contributed by atoms with Crippen LogP contribution in [0, 0.1) is 3.57 Å². The predicted octanol–water partition coefficient (Wildman–Crippen LogP) is 2.41. The Morgan fingerprint density at radius 3 is 2.71 bits per heavy atom. The lowest BCUT2D eigenvalue weighted by Crippen LogP contribution is -2.08. The first-order valence-corrected chi connectivity index (χ1v) is 4.65. The van der Waals surface area contributed by atoms with E-state index in [1.807, 2.05) is 0 Å². The first-order valence-electron chi connectivity index (χ1n) is 3.57. The molecule has 0 atom stereocenters. The van der Waals surface area contributed by atoms with Gasteiger partial charge in [0.25, 0.3) is 6.43 Å². The summed E-state index contributed by atoms with van der Waals surface area (Å²) in [7, 11) is 1.14. The van der Waals surface area contributed by atoms with Crippen LogP contribution in [-0.2, 0) is 4.74 Å². The minimum Gasteiger partial charge on any atom is -0.465 e. The molecule has 1 aromatic rings. The van der Waals surface area contributed by atoms with E-state index in [-0.39, 0.29) is 14.7 Å². The molecule has 0 fully saturated rings. The molecular formula is C8H6F2INO2. The van der Waals surface area contributed by atoms with E-state index in [1.165, 1.54) is 6.20 Å². The maximum absolute atomic E-state index is 12.5. The van der Waals surface area contributed by atoms with Crippen molar-refractivity contribution in [2.24, 2.45) is 0 Å². The fourth-order valence-corrected chi connectivity index (χ4v) is 1.63. The maximum Gasteiger partial charge on any atom is 0.339 e. The van der Waals surface area contributed by atoms with Gasteiger partial charge in [-0.3, -0.25) is 4.98 Å². The molecule has 3 nitrogen and oxygen atoms in total. The molecule has 76 valence electrons. The zero-order valence-electron chi connectivity index (χ0n) is 7.13. The van der Waals surface area contributed by atoms with Crippen molar-refractivity contribution in [2.75, 3.05) is 7.11 Å². The van der Waals surface area contributed by atoms with Gasteiger partial charge in [0.05, 0.1) is 12.7 Å². The molecule has 0 radical (unpaired) electrons. The highest BCUT2D eigenvalue weighted by atomic mass is 127. The average molecular weight is 313 g/mol. The highest BCUT2D eigenvalue weighted by Crippen LogP contribution is 2.27. The van der Waals surface area contributed by atoms with E-state index in [0.29, 0.717) is 0 Å². The predicted molar refractivity (Wildman–Crippen MR) is 53.3 cm³/mol. The topological polar surface area (TPSA) is 39.2 Å². The van der Waals surface area contributed by atoms with Crippen LogP contribution in [0.15, 0.2) is 12.4 Å². The molecule has 6 heteroatoms. The van der Waals surface area contributed by atoms with Gasteiger partial charge in [0.2, 0.25) is 0 Å². The standard InChI is InChI=1S/C8H6F2INO2/c1-14-8(13)4-2-12-3-5(11)6(4)7(9)10/h2-3,7H,1H3. The molecule has 0 saturated carbocycles. The maximum atomic E-state index is 12.5. The second kappa shape index (κ2) is 4.63. The summed E-state index contributed by atoms with van der Waals surface area (Å²) < 4.78 is 29.7. The van der Waals surface area contributed by atoms with Gasteiger partial charge in [0.15, 0.2) is 0 Å². The Morgan fingerprint density at radius 1 is 1.57 bits per heavy atom. The number of nitrogens with zero attached hydrogens (tertiary/aromatic N) is 1. The molecule has 0 aliphatic rings. The first kappa shape index (κ1) is 11.3. The van der Waals surface area contributed by atoms with Gasteiger partial charge in [-0.15, -0.1) is 0 Å². The van der Waals surface area contributed by atoms with Crippen LogP contribution >= 0.6 is 22.6 Å². The summed E-state index contributed by atoms with van der Waals surface area (Å²) in [6.07, 6.45) is -0.358. The van der Waals surface area contributed by atoms with Crippen LogP contribution in [0.5, 0.6) is 0 Å². The monoisotopic (exact) mass is 313 g/mol. The quantitative estimate of drug-likeness (QED) is 0.622. The van der Waals surface area contributed by atoms with E-state index < -0.39 is 12.4 Å². The van der Waals surface area contributed by atoms with Crippen molar-refractivity contribution in [3.8, 4) is 0 Å². The molecule has 0 bridgehead atoms. The van der Waals surface area contributed by atoms with Gasteiger partial charge in [0.1, 0.15) is 0 Å². The molecule has 1 heterocycles. The Balaban J connectivity index is 3.28. The summed E-state index contributed by atoms with van der Waals surface area (Å²) in [5, 5.41) is 0. The van der Waals surface area contributed by atoms with Crippen LogP contribution in [0.1, 0.15) is 22.3 Å². The highest BCUT2D eigenvalue weighted by Gasteiger charge is 2.21. The third kappa shape index (κ3) is 2.17. The summed E-state index contributed by atoms with van der Waals surface area (Å²) in [5.74, 6) is -0.800. The zero-order valence-corrected chi connectivity index (χ0v) is 9.29. The van der Waals surface area contributed by atoms with E-state index in [0.717, 1.165) is 13.3 Å². The van der Waals surface area contributed by atoms with Gasteiger partial charge in [-0.05, 0) is 22.6 Å². The van der Waals surface area contributed by atoms with Crippen LogP contribution in [0.2, 0.25) is 0 Å². The van der Waals surface area contributed by atoms with Crippen molar-refractivity contribution in [2.45, 2.75) is 6.43 Å². The van der Waals surface area contributed by atoms with E-state index >= 15 is 0 Å². The largest absolute Gasteiger partial charge is 0.465 e. The molecule has 0 N–H and O–H groups in total. The fourth-order valence-electron chi connectivity index (χ4n) is 0.939. The number of ether oxygens (including phenoxy) is 1. The molecule has 1 aromatic heterocycles. The molecule has 0 aliphatic heterocycles. The number of carbonyl (C=O) groups excluding carboxylic acids is 1. The van der Waals surface area contributed by atoms with Crippen molar-refractivity contribution >= 4 is 28.6 Å². The van der Waals surface area contributed by atoms with Gasteiger partial charge in [-0.2, -0.15) is 0 Å². The van der Waals surface area contributed by atoms with Crippen LogP contribution < -0.4 is 0 Å². The van der Waals surface area contributed by atoms with Crippen LogP contribution in [0.3, 0.4) is 0 Å². The first-order chi connectivity index (χ1) is 6.57. The fraction of sp³-hybridized carbons (Fsp3) is 0.250. The number of hydrogen-bond acceptors (Lipinski definition) is 3. The van der Waals surface area contributed by atoms with Crippen LogP contribution in [-0.4, -0.2) is 18.1 Å². The van der Waals surface area contributed by atoms with Crippen molar-refractivity contribution in [1.29, 1.82) is 0 Å². The van der Waals surface area contributed by atoms with Crippen LogP contribution in [0.25, 0.3) is 0 Å². The van der Waals surface area contributed by atoms with Crippen molar-refractivity contribution < 1.29 is 18.3 Å². The number of esters is 1. The number of rotatable bonds is 2. The van der Waals surface area contributed by atoms with E-state index in [4.69, 9.17) is 0 Å². The molecule has 0 aliphatic carbocycles. The molecule has 0 amide bonds. The normalized spacial score (nSPS) is 10.4. The van der Waals surface area contributed by atoms with Gasteiger partial charge in [-0.25, -0.2) is 13.6 Å². The van der Waals surface area contributed by atoms with E-state index in [9.17, 15) is 13.6 Å². The molecular weight excluding hydrogens is 307 g/mol. The lowest BCUT2D eigenvalue weighted by atomic mass is 10.1. The van der Waals surface area contributed by atoms with E-state index in [1.54, 1.807) is 22.6 Å². The minimum atomic E-state index is -2.71. The number of methoxy groups -OCH3 is 1. The van der Waals surface area contributed by atoms with Crippen molar-refractivity contribution in [1.82, 2.24) is 4.98 Å². The molecule has 0 aromatic carbocycles. The second-order valence-corrected chi connectivity index (χ2v) is 3.54. The Kier molecular flexibility index (Phi) is 3.73. The van der Waals surface area contributed by atoms with Gasteiger partial charge in [0, 0.05) is 21.5 Å². The number of aromatic nitrogens is 1. The Hall–Kier alpha value is -0.790. The molecule has 0 saturated heterocycles. The third-order valence-corrected chi connectivity index (χ3v) is 2.42. The smallest absolute Gasteiger partial charge is 0.339 e. The Labute approximate surface area is 92.6 Å². The van der Waals surface area contributed by atoms with Crippen LogP contribution in [0.4, 0.5) is 8.78 Å². The van der Waals surface area contributed by atoms with Gasteiger partial charge >= 0.3 is 5.97 Å². The average Bonchev–Trinajstić information content (AvgIpc) is 2.15. The van der Waals surface area contributed by atoms with Crippen molar-refractivity contribution in [3.63, 3.8) is 0 Å². The number of alkyl halides is 2. The second-order valence-electron chi connectivity index (χ2n) is 2.37. The Morgan fingerprint density at radius 2 is 2.21 bits per heavy atom. The lowest BCUT2D eigenvalue weighted by Gasteiger charge is -2.07. The number of hydrogen-bond donors (Lipinski definition) is 0. The highest BCUT2D eigenvalue weighted by molar-refractivity contribution is 14.1. The SMILES string of the molecule is COC(=O)c1cncc(I)c1C(F)F.